The molecule has 0 spiro atoms. The predicted molar refractivity (Wildman–Crippen MR) is 120 cm³/mol. The zero-order valence-corrected chi connectivity index (χ0v) is 17.4. The molecule has 0 saturated heterocycles. The summed E-state index contributed by atoms with van der Waals surface area (Å²) >= 11 is 0. The van der Waals surface area contributed by atoms with Crippen LogP contribution in [0.4, 0.5) is 14.6 Å². The minimum Gasteiger partial charge on any atom is -0.433 e. The molecule has 5 aromatic rings. The van der Waals surface area contributed by atoms with E-state index in [1.807, 2.05) is 0 Å². The van der Waals surface area contributed by atoms with Gasteiger partial charge in [0, 0.05) is 30.2 Å². The highest BCUT2D eigenvalue weighted by Crippen LogP contribution is 2.33. The van der Waals surface area contributed by atoms with E-state index in [1.165, 1.54) is 40.0 Å². The average Bonchev–Trinajstić information content (AvgIpc) is 3.47. The van der Waals surface area contributed by atoms with E-state index in [-0.39, 0.29) is 17.6 Å². The average molecular weight is 459 g/mol. The van der Waals surface area contributed by atoms with Crippen LogP contribution in [0.25, 0.3) is 28.0 Å². The molecule has 9 nitrogen and oxygen atoms in total. The molecule has 5 rings (SSSR count). The van der Waals surface area contributed by atoms with Crippen molar-refractivity contribution in [1.29, 1.82) is 0 Å². The molecule has 0 aliphatic heterocycles. The maximum Gasteiger partial charge on any atom is 0.254 e. The van der Waals surface area contributed by atoms with Crippen LogP contribution < -0.4 is 10.5 Å². The SMILES string of the molecule is C=CC(=O)n1ccc(-n2nc(-c3ccc(Oc4c(F)cccc4F)nc3)c3c(N)ncnc32)c1. The molecule has 34 heavy (non-hydrogen) atoms. The standard InChI is InChI=1S/C23H15F2N7O2/c1-2-18(33)31-9-8-14(11-31)32-23-19(22(26)28-12-29-23)20(30-32)13-6-7-17(27-10-13)34-21-15(24)4-3-5-16(21)25/h2-12H,1H2,(H2,26,28,29). The molecule has 0 fully saturated rings. The van der Waals surface area contributed by atoms with Gasteiger partial charge in [-0.2, -0.15) is 5.10 Å². The van der Waals surface area contributed by atoms with Crippen molar-refractivity contribution < 1.29 is 18.3 Å². The number of rotatable bonds is 5. The molecular formula is C23H15F2N7O2. The number of nitrogens with zero attached hydrogens (tertiary/aromatic N) is 6. The molecule has 11 heteroatoms. The molecule has 0 radical (unpaired) electrons. The summed E-state index contributed by atoms with van der Waals surface area (Å²) in [7, 11) is 0. The third-order valence-corrected chi connectivity index (χ3v) is 4.98. The lowest BCUT2D eigenvalue weighted by Gasteiger charge is -2.07. The Morgan fingerprint density at radius 3 is 2.59 bits per heavy atom. The number of allylic oxidation sites excluding steroid dienone is 1. The maximum absolute atomic E-state index is 13.9. The Morgan fingerprint density at radius 2 is 1.88 bits per heavy atom. The fourth-order valence-corrected chi connectivity index (χ4v) is 3.38. The van der Waals surface area contributed by atoms with E-state index >= 15 is 0 Å². The summed E-state index contributed by atoms with van der Waals surface area (Å²) in [6, 6.07) is 8.17. The van der Waals surface area contributed by atoms with Gasteiger partial charge in [-0.3, -0.25) is 9.36 Å². The predicted octanol–water partition coefficient (Wildman–Crippen LogP) is 4.16. The van der Waals surface area contributed by atoms with Crippen molar-refractivity contribution in [1.82, 2.24) is 29.3 Å². The number of aromatic nitrogens is 6. The van der Waals surface area contributed by atoms with E-state index in [1.54, 1.807) is 24.5 Å². The number of carbonyl (C=O) groups is 1. The van der Waals surface area contributed by atoms with Crippen molar-refractivity contribution in [2.75, 3.05) is 5.73 Å². The molecule has 0 amide bonds. The maximum atomic E-state index is 13.9. The third kappa shape index (κ3) is 3.54. The number of nitrogen functional groups attached to an aromatic ring is 1. The first kappa shape index (κ1) is 20.9. The number of ether oxygens (including phenoxy) is 1. The molecule has 4 heterocycles. The Bertz CT molecular complexity index is 1540. The Labute approximate surface area is 190 Å². The third-order valence-electron chi connectivity index (χ3n) is 4.98. The minimum atomic E-state index is -0.845. The number of hydrogen-bond acceptors (Lipinski definition) is 7. The summed E-state index contributed by atoms with van der Waals surface area (Å²) in [6.07, 6.45) is 7.09. The van der Waals surface area contributed by atoms with Crippen molar-refractivity contribution in [3.05, 3.63) is 85.6 Å². The minimum absolute atomic E-state index is 0.0132. The Hall–Kier alpha value is -4.93. The summed E-state index contributed by atoms with van der Waals surface area (Å²) in [5.41, 5.74) is 8.06. The summed E-state index contributed by atoms with van der Waals surface area (Å²) in [5, 5.41) is 5.09. The second-order valence-electron chi connectivity index (χ2n) is 7.08. The smallest absolute Gasteiger partial charge is 0.254 e. The van der Waals surface area contributed by atoms with Crippen molar-refractivity contribution in [3.8, 4) is 28.6 Å². The molecule has 0 atom stereocenters. The van der Waals surface area contributed by atoms with Gasteiger partial charge in [0.2, 0.25) is 11.6 Å². The molecule has 0 aliphatic carbocycles. The number of carbonyl (C=O) groups excluding carboxylic acids is 1. The van der Waals surface area contributed by atoms with Crippen LogP contribution in [0, 0.1) is 11.6 Å². The highest BCUT2D eigenvalue weighted by atomic mass is 19.1. The van der Waals surface area contributed by atoms with Crippen LogP contribution in [0.3, 0.4) is 0 Å². The van der Waals surface area contributed by atoms with Gasteiger partial charge in [0.15, 0.2) is 17.3 Å². The summed E-state index contributed by atoms with van der Waals surface area (Å²) in [4.78, 5) is 24.4. The summed E-state index contributed by atoms with van der Waals surface area (Å²) in [6.45, 7) is 3.48. The number of benzene rings is 1. The fourth-order valence-electron chi connectivity index (χ4n) is 3.38. The molecule has 4 aromatic heterocycles. The molecule has 1 aromatic carbocycles. The van der Waals surface area contributed by atoms with E-state index in [2.05, 4.69) is 26.6 Å². The quantitative estimate of drug-likeness (QED) is 0.393. The Balaban J connectivity index is 1.56. The van der Waals surface area contributed by atoms with E-state index in [4.69, 9.17) is 10.5 Å². The largest absolute Gasteiger partial charge is 0.433 e. The Morgan fingerprint density at radius 1 is 1.09 bits per heavy atom. The van der Waals surface area contributed by atoms with Gasteiger partial charge in [0.05, 0.1) is 11.1 Å². The van der Waals surface area contributed by atoms with Gasteiger partial charge in [0.25, 0.3) is 5.91 Å². The monoisotopic (exact) mass is 459 g/mol. The second kappa shape index (κ2) is 8.20. The topological polar surface area (TPSA) is 114 Å². The first-order valence-corrected chi connectivity index (χ1v) is 9.89. The zero-order valence-electron chi connectivity index (χ0n) is 17.4. The van der Waals surface area contributed by atoms with Crippen LogP contribution in [0.5, 0.6) is 11.6 Å². The molecule has 0 aliphatic rings. The first-order valence-electron chi connectivity index (χ1n) is 9.89. The van der Waals surface area contributed by atoms with Crippen LogP contribution >= 0.6 is 0 Å². The number of fused-ring (bicyclic) bond motifs is 1. The normalized spacial score (nSPS) is 11.0. The second-order valence-corrected chi connectivity index (χ2v) is 7.08. The van der Waals surface area contributed by atoms with Gasteiger partial charge in [0.1, 0.15) is 17.8 Å². The van der Waals surface area contributed by atoms with Gasteiger partial charge < -0.3 is 10.5 Å². The van der Waals surface area contributed by atoms with E-state index < -0.39 is 17.4 Å². The summed E-state index contributed by atoms with van der Waals surface area (Å²) < 4.78 is 35.9. The molecule has 0 bridgehead atoms. The van der Waals surface area contributed by atoms with Gasteiger partial charge in [-0.05, 0) is 30.3 Å². The van der Waals surface area contributed by atoms with Crippen molar-refractivity contribution in [3.63, 3.8) is 0 Å². The molecule has 0 unspecified atom stereocenters. The lowest BCUT2D eigenvalue weighted by molar-refractivity contribution is 0.0969. The van der Waals surface area contributed by atoms with Gasteiger partial charge in [-0.25, -0.2) is 28.4 Å². The Kier molecular flexibility index (Phi) is 5.05. The number of anilines is 1. The van der Waals surface area contributed by atoms with Gasteiger partial charge in [-0.1, -0.05) is 12.6 Å². The van der Waals surface area contributed by atoms with Gasteiger partial charge >= 0.3 is 0 Å². The lowest BCUT2D eigenvalue weighted by atomic mass is 10.1. The lowest BCUT2D eigenvalue weighted by Crippen LogP contribution is -2.04. The number of nitrogens with two attached hydrogens (primary N) is 1. The van der Waals surface area contributed by atoms with Crippen LogP contribution in [-0.2, 0) is 0 Å². The van der Waals surface area contributed by atoms with E-state index in [0.717, 1.165) is 12.1 Å². The molecule has 0 saturated carbocycles. The first-order chi connectivity index (χ1) is 16.5. The van der Waals surface area contributed by atoms with Crippen molar-refractivity contribution in [2.45, 2.75) is 0 Å². The van der Waals surface area contributed by atoms with Crippen molar-refractivity contribution >= 4 is 22.8 Å². The zero-order chi connectivity index (χ0) is 23.8. The number of halogens is 2. The van der Waals surface area contributed by atoms with Crippen molar-refractivity contribution in [2.24, 2.45) is 0 Å². The highest BCUT2D eigenvalue weighted by molar-refractivity contribution is 5.99. The number of para-hydroxylation sites is 1. The van der Waals surface area contributed by atoms with Gasteiger partial charge in [-0.15, -0.1) is 0 Å². The molecule has 168 valence electrons. The van der Waals surface area contributed by atoms with Crippen LogP contribution in [0.1, 0.15) is 4.79 Å². The number of hydrogen-bond donors (Lipinski definition) is 1. The molecule has 2 N–H and O–H groups in total. The highest BCUT2D eigenvalue weighted by Gasteiger charge is 2.20. The summed E-state index contributed by atoms with van der Waals surface area (Å²) in [5.74, 6) is -2.36. The van der Waals surface area contributed by atoms with Crippen LogP contribution in [0.2, 0.25) is 0 Å². The van der Waals surface area contributed by atoms with Crippen LogP contribution in [-0.4, -0.2) is 35.2 Å². The van der Waals surface area contributed by atoms with E-state index in [9.17, 15) is 13.6 Å². The molecular weight excluding hydrogens is 444 g/mol. The van der Waals surface area contributed by atoms with E-state index in [0.29, 0.717) is 28.0 Å². The van der Waals surface area contributed by atoms with Crippen LogP contribution in [0.15, 0.2) is 74.0 Å². The number of pyridine rings is 1. The fraction of sp³-hybridized carbons (Fsp3) is 0.